The highest BCUT2D eigenvalue weighted by atomic mass is 33.1. The van der Waals surface area contributed by atoms with Crippen molar-refractivity contribution in [3.8, 4) is 0 Å². The summed E-state index contributed by atoms with van der Waals surface area (Å²) in [5, 5.41) is 10.1. The van der Waals surface area contributed by atoms with E-state index in [-0.39, 0.29) is 63.8 Å². The Morgan fingerprint density at radius 3 is 2.07 bits per heavy atom. The first-order valence-electron chi connectivity index (χ1n) is 14.0. The van der Waals surface area contributed by atoms with E-state index in [1.165, 1.54) is 9.80 Å². The lowest BCUT2D eigenvalue weighted by Crippen LogP contribution is -2.38. The summed E-state index contributed by atoms with van der Waals surface area (Å²) >= 11 is 0. The summed E-state index contributed by atoms with van der Waals surface area (Å²) in [6.45, 7) is 0.510. The number of rotatable bonds is 21. The fraction of sp³-hybridized carbons (Fsp3) is 0.913. The Hall–Kier alpha value is -0.260. The first kappa shape index (κ1) is 37.9. The number of phosphoric ester groups is 2. The van der Waals surface area contributed by atoms with Crippen LogP contribution in [-0.4, -0.2) is 119 Å². The van der Waals surface area contributed by atoms with Gasteiger partial charge in [0, 0.05) is 51.1 Å². The van der Waals surface area contributed by atoms with Gasteiger partial charge in [0.05, 0.1) is 37.5 Å². The number of aliphatic hydroxyl groups is 1. The molecule has 246 valence electrons. The minimum absolute atomic E-state index is 0.0469. The highest BCUT2D eigenvalue weighted by molar-refractivity contribution is 8.76. The standard InChI is InChI=1S/C23H46N4O11P2S2/c1-35-39(31,32)36-17-19-13-21(15-27(19)22(29)6-3-2-4-8-24)38-40(33,34)37-16-18-12-20(28)14-26(18)23(30)7-5-10-41-42-11-9-25/h18-21,28H,2-17,24-25H2,1H3,(H,31,32)(H,33,34)/t18-,19-,20+,21?/m0/s1. The number of hydrogen-bond acceptors (Lipinski definition) is 13. The van der Waals surface area contributed by atoms with Crippen LogP contribution in [0, 0.1) is 0 Å². The molecule has 2 amide bonds. The average Bonchev–Trinajstić information content (AvgIpc) is 3.53. The number of phosphoric acid groups is 2. The molecule has 0 spiro atoms. The summed E-state index contributed by atoms with van der Waals surface area (Å²) in [7, 11) is -4.64. The van der Waals surface area contributed by atoms with Gasteiger partial charge in [-0.2, -0.15) is 0 Å². The summed E-state index contributed by atoms with van der Waals surface area (Å²) in [4.78, 5) is 48.6. The topological polar surface area (TPSA) is 224 Å². The number of hydrogen-bond donors (Lipinski definition) is 5. The van der Waals surface area contributed by atoms with Crippen molar-refractivity contribution >= 4 is 49.0 Å². The largest absolute Gasteiger partial charge is 0.472 e. The fourth-order valence-corrected chi connectivity index (χ4v) is 8.09. The van der Waals surface area contributed by atoms with Gasteiger partial charge in [0.1, 0.15) is 0 Å². The van der Waals surface area contributed by atoms with Crippen molar-refractivity contribution in [3.63, 3.8) is 0 Å². The molecule has 15 nitrogen and oxygen atoms in total. The van der Waals surface area contributed by atoms with Gasteiger partial charge in [-0.1, -0.05) is 28.0 Å². The molecule has 2 fully saturated rings. The zero-order chi connectivity index (χ0) is 31.2. The Morgan fingerprint density at radius 2 is 1.43 bits per heavy atom. The Labute approximate surface area is 255 Å². The summed E-state index contributed by atoms with van der Waals surface area (Å²) in [6.07, 6.45) is 1.82. The van der Waals surface area contributed by atoms with Gasteiger partial charge in [-0.3, -0.25) is 27.7 Å². The maximum atomic E-state index is 12.9. The van der Waals surface area contributed by atoms with Crippen LogP contribution < -0.4 is 11.5 Å². The molecule has 0 aliphatic carbocycles. The Balaban J connectivity index is 1.92. The molecule has 2 aliphatic heterocycles. The maximum Gasteiger partial charge on any atom is 0.472 e. The first-order chi connectivity index (χ1) is 19.9. The van der Waals surface area contributed by atoms with Crippen LogP contribution in [0.3, 0.4) is 0 Å². The summed E-state index contributed by atoms with van der Waals surface area (Å²) < 4.78 is 44.7. The van der Waals surface area contributed by atoms with Crippen molar-refractivity contribution in [2.45, 2.75) is 75.7 Å². The zero-order valence-corrected chi connectivity index (χ0v) is 27.4. The maximum absolute atomic E-state index is 12.9. The van der Waals surface area contributed by atoms with Crippen LogP contribution in [0.15, 0.2) is 0 Å². The van der Waals surface area contributed by atoms with Crippen LogP contribution in [0.25, 0.3) is 0 Å². The molecule has 0 aromatic heterocycles. The normalized spacial score (nSPS) is 25.5. The number of likely N-dealkylation sites (tertiary alicyclic amines) is 2. The van der Waals surface area contributed by atoms with Crippen molar-refractivity contribution in [1.29, 1.82) is 0 Å². The number of amides is 2. The van der Waals surface area contributed by atoms with Crippen molar-refractivity contribution < 1.29 is 51.7 Å². The van der Waals surface area contributed by atoms with Crippen LogP contribution in [0.5, 0.6) is 0 Å². The summed E-state index contributed by atoms with van der Waals surface area (Å²) in [5.74, 6) is 1.18. The number of nitrogens with two attached hydrogens (primary N) is 2. The molecule has 2 rings (SSSR count). The van der Waals surface area contributed by atoms with Crippen molar-refractivity contribution in [2.75, 3.05) is 58.0 Å². The van der Waals surface area contributed by atoms with Gasteiger partial charge in [0.15, 0.2) is 0 Å². The van der Waals surface area contributed by atoms with E-state index >= 15 is 0 Å². The highest BCUT2D eigenvalue weighted by Crippen LogP contribution is 2.48. The van der Waals surface area contributed by atoms with Crippen LogP contribution in [0.1, 0.15) is 51.4 Å². The molecule has 6 atom stereocenters. The molecule has 42 heavy (non-hydrogen) atoms. The minimum atomic E-state index is -4.64. The van der Waals surface area contributed by atoms with Crippen LogP contribution in [-0.2, 0) is 36.8 Å². The Bertz CT molecular complexity index is 941. The smallest absolute Gasteiger partial charge is 0.391 e. The number of unbranched alkanes of at least 4 members (excludes halogenated alkanes) is 2. The average molecular weight is 681 g/mol. The van der Waals surface area contributed by atoms with Gasteiger partial charge >= 0.3 is 15.6 Å². The monoisotopic (exact) mass is 680 g/mol. The number of carbonyl (C=O) groups is 2. The quantitative estimate of drug-likeness (QED) is 0.0657. The summed E-state index contributed by atoms with van der Waals surface area (Å²) in [5.41, 5.74) is 11.0. The molecule has 0 saturated carbocycles. The van der Waals surface area contributed by atoms with E-state index < -0.39 is 39.9 Å². The SMILES string of the molecule is COP(=O)(O)OC[C@@H]1CC(OP(=O)(O)OC[C@@H]2C[C@@H](O)CN2C(=O)CCCSSCCN)CN1C(=O)CCCCCN. The van der Waals surface area contributed by atoms with Gasteiger partial charge in [-0.05, 0) is 38.6 Å². The lowest BCUT2D eigenvalue weighted by Gasteiger charge is -2.26. The molecule has 0 radical (unpaired) electrons. The van der Waals surface area contributed by atoms with Gasteiger partial charge in [0.25, 0.3) is 0 Å². The van der Waals surface area contributed by atoms with Crippen molar-refractivity contribution in [1.82, 2.24) is 9.80 Å². The molecular formula is C23H46N4O11P2S2. The molecule has 0 aromatic rings. The Kier molecular flexibility index (Phi) is 17.4. The second kappa shape index (κ2) is 19.3. The van der Waals surface area contributed by atoms with E-state index in [0.717, 1.165) is 31.5 Å². The van der Waals surface area contributed by atoms with E-state index in [1.54, 1.807) is 21.6 Å². The predicted molar refractivity (Wildman–Crippen MR) is 160 cm³/mol. The van der Waals surface area contributed by atoms with Crippen LogP contribution in [0.4, 0.5) is 0 Å². The van der Waals surface area contributed by atoms with E-state index in [0.29, 0.717) is 25.9 Å². The zero-order valence-electron chi connectivity index (χ0n) is 24.0. The van der Waals surface area contributed by atoms with Gasteiger partial charge in [0.2, 0.25) is 11.8 Å². The molecule has 2 aliphatic rings. The Morgan fingerprint density at radius 1 is 0.833 bits per heavy atom. The fourth-order valence-electron chi connectivity index (χ4n) is 4.73. The first-order valence-corrected chi connectivity index (χ1v) is 19.5. The minimum Gasteiger partial charge on any atom is -0.391 e. The van der Waals surface area contributed by atoms with E-state index in [9.17, 15) is 33.6 Å². The van der Waals surface area contributed by atoms with E-state index in [4.69, 9.17) is 25.0 Å². The molecule has 0 aromatic carbocycles. The van der Waals surface area contributed by atoms with Gasteiger partial charge < -0.3 is 36.2 Å². The molecule has 3 unspecified atom stereocenters. The van der Waals surface area contributed by atoms with Crippen molar-refractivity contribution in [2.24, 2.45) is 11.5 Å². The van der Waals surface area contributed by atoms with E-state index in [1.807, 2.05) is 0 Å². The number of carbonyl (C=O) groups excluding carboxylic acids is 2. The molecule has 2 saturated heterocycles. The van der Waals surface area contributed by atoms with Crippen LogP contribution in [0.2, 0.25) is 0 Å². The number of nitrogens with zero attached hydrogens (tertiary/aromatic N) is 2. The molecule has 7 N–H and O–H groups in total. The third kappa shape index (κ3) is 13.8. The summed E-state index contributed by atoms with van der Waals surface area (Å²) in [6, 6.07) is -1.29. The van der Waals surface area contributed by atoms with Crippen molar-refractivity contribution in [3.05, 3.63) is 0 Å². The van der Waals surface area contributed by atoms with Crippen LogP contribution >= 0.6 is 37.2 Å². The van der Waals surface area contributed by atoms with Gasteiger partial charge in [-0.15, -0.1) is 0 Å². The predicted octanol–water partition coefficient (Wildman–Crippen LogP) is 1.45. The number of β-amino-alcohol motifs (C(OH)–C–C–N with tert-alkyl or cyclic N) is 1. The number of aliphatic hydroxyl groups excluding tert-OH is 1. The molecule has 0 bridgehead atoms. The molecule has 19 heteroatoms. The van der Waals surface area contributed by atoms with Gasteiger partial charge in [-0.25, -0.2) is 9.13 Å². The highest BCUT2D eigenvalue weighted by Gasteiger charge is 2.42. The second-order valence-electron chi connectivity index (χ2n) is 10.1. The van der Waals surface area contributed by atoms with E-state index in [2.05, 4.69) is 4.52 Å². The lowest BCUT2D eigenvalue weighted by molar-refractivity contribution is -0.133. The molecular weight excluding hydrogens is 634 g/mol. The third-order valence-electron chi connectivity index (χ3n) is 6.78. The molecule has 2 heterocycles. The second-order valence-corrected chi connectivity index (χ2v) is 15.8. The third-order valence-corrected chi connectivity index (χ3v) is 11.3. The lowest BCUT2D eigenvalue weighted by atomic mass is 10.1.